The fourth-order valence-corrected chi connectivity index (χ4v) is 11.0. The molecule has 12 unspecified atom stereocenters. The van der Waals surface area contributed by atoms with Crippen molar-refractivity contribution in [1.82, 2.24) is 5.32 Å². The molecule has 0 radical (unpaired) electrons. The first-order valence-electron chi connectivity index (χ1n) is 35.6. The van der Waals surface area contributed by atoms with Gasteiger partial charge in [0.05, 0.1) is 32.0 Å². The molecule has 0 aromatic heterocycles. The van der Waals surface area contributed by atoms with Gasteiger partial charge in [-0.05, 0) is 96.3 Å². The monoisotopic (exact) mass is 1250 g/mol. The number of amides is 1. The van der Waals surface area contributed by atoms with E-state index in [2.05, 4.69) is 116 Å². The van der Waals surface area contributed by atoms with E-state index in [1.807, 2.05) is 6.08 Å². The van der Waals surface area contributed by atoms with E-state index in [0.29, 0.717) is 12.8 Å². The minimum absolute atomic E-state index is 0.258. The third-order valence-corrected chi connectivity index (χ3v) is 16.7. The zero-order chi connectivity index (χ0) is 64.5. The van der Waals surface area contributed by atoms with Gasteiger partial charge in [0.2, 0.25) is 5.91 Å². The van der Waals surface area contributed by atoms with Gasteiger partial charge in [0, 0.05) is 6.42 Å². The number of hydrogen-bond donors (Lipinski definition) is 9. The molecule has 512 valence electrons. The van der Waals surface area contributed by atoms with E-state index >= 15 is 0 Å². The van der Waals surface area contributed by atoms with Crippen LogP contribution in [0.15, 0.2) is 109 Å². The fourth-order valence-electron chi connectivity index (χ4n) is 11.0. The summed E-state index contributed by atoms with van der Waals surface area (Å²) in [5, 5.41) is 87.4. The van der Waals surface area contributed by atoms with E-state index in [0.717, 1.165) is 89.9 Å². The van der Waals surface area contributed by atoms with E-state index < -0.39 is 86.8 Å². The first kappa shape index (κ1) is 81.7. The standard InChI is InChI=1S/C75H129NO13/c1-3-5-7-9-11-13-15-17-19-21-23-25-27-29-31-32-33-35-37-39-41-43-45-47-49-51-53-55-57-59-67(80)76-63(62-86-74-72(85)70(83)73(66(61-78)88-74)89-75-71(84)69(82)68(81)65(60-77)87-75)64(79)58-56-54-52-50-48-46-44-42-40-38-36-34-30-28-26-24-22-20-18-16-14-12-10-8-6-4-2/h5,7,11,13,17,19,23,25,29,31,33,35,40,42,48,50,56,58,63-66,68-75,77-79,81-85H,3-4,6,8-10,12,14-16,18,20-22,24,26-28,30,32,34,36-39,41,43-47,49,51-55,57,59-62H2,1-2H3,(H,76,80)/b7-5-,13-11-,19-17-,25-23-,31-29-,35-33-,42-40+,50-48+,58-56+. The summed E-state index contributed by atoms with van der Waals surface area (Å²) in [5.41, 5.74) is 0. The average Bonchev–Trinajstić information content (AvgIpc) is 2.51. The Bertz CT molecular complexity index is 1910. The molecule has 0 aromatic carbocycles. The van der Waals surface area contributed by atoms with Crippen molar-refractivity contribution in [3.8, 4) is 0 Å². The third kappa shape index (κ3) is 42.5. The second-order valence-corrected chi connectivity index (χ2v) is 24.6. The Morgan fingerprint density at radius 1 is 0.416 bits per heavy atom. The van der Waals surface area contributed by atoms with Crippen LogP contribution in [0.2, 0.25) is 0 Å². The zero-order valence-electron chi connectivity index (χ0n) is 55.6. The topological polar surface area (TPSA) is 228 Å². The molecule has 0 saturated carbocycles. The normalized spacial score (nSPS) is 23.7. The van der Waals surface area contributed by atoms with Crippen molar-refractivity contribution in [3.05, 3.63) is 109 Å². The quantitative estimate of drug-likeness (QED) is 0.0204. The summed E-state index contributed by atoms with van der Waals surface area (Å²) in [4.78, 5) is 13.3. The average molecular weight is 1250 g/mol. The van der Waals surface area contributed by atoms with Crippen molar-refractivity contribution in [1.29, 1.82) is 0 Å². The van der Waals surface area contributed by atoms with Gasteiger partial charge in [-0.2, -0.15) is 0 Å². The van der Waals surface area contributed by atoms with Crippen LogP contribution in [0, 0.1) is 0 Å². The number of rotatable bonds is 57. The molecule has 0 aliphatic carbocycles. The predicted molar refractivity (Wildman–Crippen MR) is 364 cm³/mol. The molecule has 14 heteroatoms. The molecule has 0 bridgehead atoms. The Hall–Kier alpha value is -3.35. The Labute approximate surface area is 540 Å². The molecule has 89 heavy (non-hydrogen) atoms. The van der Waals surface area contributed by atoms with E-state index in [4.69, 9.17) is 18.9 Å². The van der Waals surface area contributed by atoms with Crippen LogP contribution < -0.4 is 5.32 Å². The minimum atomic E-state index is -1.80. The summed E-state index contributed by atoms with van der Waals surface area (Å²) in [6.45, 7) is 2.67. The molecule has 2 saturated heterocycles. The number of aliphatic hydroxyl groups excluding tert-OH is 8. The molecule has 1 amide bonds. The Morgan fingerprint density at radius 2 is 0.787 bits per heavy atom. The summed E-state index contributed by atoms with van der Waals surface area (Å²) >= 11 is 0. The maximum Gasteiger partial charge on any atom is 0.220 e. The van der Waals surface area contributed by atoms with Crippen LogP contribution in [0.3, 0.4) is 0 Å². The molecule has 2 aliphatic heterocycles. The molecule has 12 atom stereocenters. The SMILES string of the molecule is CC/C=C\C/C=C\C/C=C\C/C=C\C/C=C\C/C=C\CCCCCCCCCCCCC(=O)NC(COC1OC(CO)C(OC2OC(CO)C(O)C(O)C2O)C(O)C1O)C(O)/C=C/CC/C=C/CC/C=C/CCCCCCCCCCCCCCCCCC. The van der Waals surface area contributed by atoms with Gasteiger partial charge in [-0.25, -0.2) is 0 Å². The second kappa shape index (κ2) is 58.5. The van der Waals surface area contributed by atoms with Gasteiger partial charge < -0.3 is 65.1 Å². The summed E-state index contributed by atoms with van der Waals surface area (Å²) < 4.78 is 22.8. The number of allylic oxidation sites excluding steroid dienone is 17. The van der Waals surface area contributed by atoms with Crippen LogP contribution >= 0.6 is 0 Å². The number of carbonyl (C=O) groups excluding carboxylic acids is 1. The Morgan fingerprint density at radius 3 is 1.24 bits per heavy atom. The van der Waals surface area contributed by atoms with Gasteiger partial charge >= 0.3 is 0 Å². The van der Waals surface area contributed by atoms with Crippen molar-refractivity contribution in [3.63, 3.8) is 0 Å². The summed E-state index contributed by atoms with van der Waals surface area (Å²) in [6.07, 6.45) is 67.1. The molecule has 14 nitrogen and oxygen atoms in total. The lowest BCUT2D eigenvalue weighted by molar-refractivity contribution is -0.359. The van der Waals surface area contributed by atoms with E-state index in [1.165, 1.54) is 141 Å². The summed E-state index contributed by atoms with van der Waals surface area (Å²) in [7, 11) is 0. The number of hydrogen-bond acceptors (Lipinski definition) is 13. The van der Waals surface area contributed by atoms with Crippen molar-refractivity contribution < 1.29 is 64.6 Å². The fraction of sp³-hybridized carbons (Fsp3) is 0.747. The van der Waals surface area contributed by atoms with Gasteiger partial charge in [-0.3, -0.25) is 4.79 Å². The Kier molecular flexibility index (Phi) is 53.7. The molecular formula is C75H129NO13. The smallest absolute Gasteiger partial charge is 0.220 e. The van der Waals surface area contributed by atoms with Crippen LogP contribution in [0.5, 0.6) is 0 Å². The first-order valence-corrected chi connectivity index (χ1v) is 35.6. The minimum Gasteiger partial charge on any atom is -0.394 e. The molecule has 9 N–H and O–H groups in total. The van der Waals surface area contributed by atoms with Crippen molar-refractivity contribution in [2.45, 2.75) is 338 Å². The van der Waals surface area contributed by atoms with Gasteiger partial charge in [-0.15, -0.1) is 0 Å². The van der Waals surface area contributed by atoms with Crippen LogP contribution in [-0.2, 0) is 23.7 Å². The first-order chi connectivity index (χ1) is 43.6. The number of nitrogens with one attached hydrogen (secondary N) is 1. The lowest BCUT2D eigenvalue weighted by atomic mass is 9.97. The zero-order valence-corrected chi connectivity index (χ0v) is 55.6. The van der Waals surface area contributed by atoms with Crippen LogP contribution in [-0.4, -0.2) is 140 Å². The highest BCUT2D eigenvalue weighted by Crippen LogP contribution is 2.30. The number of ether oxygens (including phenoxy) is 4. The van der Waals surface area contributed by atoms with Crippen molar-refractivity contribution in [2.24, 2.45) is 0 Å². The van der Waals surface area contributed by atoms with E-state index in [1.54, 1.807) is 6.08 Å². The molecule has 2 fully saturated rings. The van der Waals surface area contributed by atoms with Gasteiger partial charge in [0.1, 0.15) is 48.8 Å². The predicted octanol–water partition coefficient (Wildman–Crippen LogP) is 14.7. The number of aliphatic hydroxyl groups is 8. The second-order valence-electron chi connectivity index (χ2n) is 24.6. The van der Waals surface area contributed by atoms with Gasteiger partial charge in [0.25, 0.3) is 0 Å². The Balaban J connectivity index is 1.71. The highest BCUT2D eigenvalue weighted by atomic mass is 16.7. The number of unbranched alkanes of at least 4 members (excludes halogenated alkanes) is 28. The van der Waals surface area contributed by atoms with E-state index in [9.17, 15) is 45.6 Å². The maximum atomic E-state index is 13.3. The largest absolute Gasteiger partial charge is 0.394 e. The molecule has 2 heterocycles. The summed E-state index contributed by atoms with van der Waals surface area (Å²) in [6, 6.07) is -0.950. The summed E-state index contributed by atoms with van der Waals surface area (Å²) in [5.74, 6) is -0.261. The van der Waals surface area contributed by atoms with Crippen LogP contribution in [0.25, 0.3) is 0 Å². The highest BCUT2D eigenvalue weighted by molar-refractivity contribution is 5.76. The molecule has 0 aromatic rings. The number of carbonyl (C=O) groups is 1. The maximum absolute atomic E-state index is 13.3. The third-order valence-electron chi connectivity index (χ3n) is 16.7. The van der Waals surface area contributed by atoms with Crippen LogP contribution in [0.1, 0.15) is 264 Å². The van der Waals surface area contributed by atoms with Gasteiger partial charge in [-0.1, -0.05) is 271 Å². The highest BCUT2D eigenvalue weighted by Gasteiger charge is 2.51. The van der Waals surface area contributed by atoms with E-state index in [-0.39, 0.29) is 18.9 Å². The lowest BCUT2D eigenvalue weighted by Gasteiger charge is -2.46. The lowest BCUT2D eigenvalue weighted by Crippen LogP contribution is -2.65. The van der Waals surface area contributed by atoms with Crippen molar-refractivity contribution in [2.75, 3.05) is 19.8 Å². The molecule has 0 spiro atoms. The van der Waals surface area contributed by atoms with Crippen LogP contribution in [0.4, 0.5) is 0 Å². The van der Waals surface area contributed by atoms with Crippen molar-refractivity contribution >= 4 is 5.91 Å². The molecule has 2 aliphatic rings. The molecular weight excluding hydrogens is 1120 g/mol. The molecule has 2 rings (SSSR count). The van der Waals surface area contributed by atoms with Gasteiger partial charge in [0.15, 0.2) is 12.6 Å².